The number of hydrogen-bond acceptors (Lipinski definition) is 3. The molecule has 2 unspecified atom stereocenters. The summed E-state index contributed by atoms with van der Waals surface area (Å²) in [5.41, 5.74) is 0.0991. The summed E-state index contributed by atoms with van der Waals surface area (Å²) in [5.74, 6) is 0.515. The summed E-state index contributed by atoms with van der Waals surface area (Å²) in [4.78, 5) is 1.17. The second kappa shape index (κ2) is 4.47. The molecule has 90 valence electrons. The molecule has 0 saturated carbocycles. The van der Waals surface area contributed by atoms with Crippen LogP contribution in [0.5, 0.6) is 0 Å². The first-order valence-corrected chi connectivity index (χ1v) is 6.69. The first kappa shape index (κ1) is 12.1. The van der Waals surface area contributed by atoms with Crippen LogP contribution in [0.3, 0.4) is 0 Å². The van der Waals surface area contributed by atoms with Crippen LogP contribution in [0.4, 0.5) is 0 Å². The van der Waals surface area contributed by atoms with E-state index in [2.05, 4.69) is 39.1 Å². The van der Waals surface area contributed by atoms with E-state index in [4.69, 9.17) is 9.47 Å². The Morgan fingerprint density at radius 3 is 2.75 bits per heavy atom. The van der Waals surface area contributed by atoms with Gasteiger partial charge in [-0.05, 0) is 17.4 Å². The van der Waals surface area contributed by atoms with E-state index in [-0.39, 0.29) is 17.8 Å². The molecule has 0 spiro atoms. The molecule has 0 aromatic carbocycles. The Kier molecular flexibility index (Phi) is 3.38. The molecule has 2 rings (SSSR count). The topological polar surface area (TPSA) is 18.5 Å². The van der Waals surface area contributed by atoms with Gasteiger partial charge in [0.2, 0.25) is 0 Å². The summed E-state index contributed by atoms with van der Waals surface area (Å²) in [7, 11) is 0. The summed E-state index contributed by atoms with van der Waals surface area (Å²) >= 11 is 1.69. The zero-order chi connectivity index (χ0) is 11.8. The van der Waals surface area contributed by atoms with Gasteiger partial charge in [0, 0.05) is 5.41 Å². The van der Waals surface area contributed by atoms with Crippen molar-refractivity contribution in [2.45, 2.75) is 40.1 Å². The van der Waals surface area contributed by atoms with Gasteiger partial charge in [-0.25, -0.2) is 0 Å². The van der Waals surface area contributed by atoms with Crippen LogP contribution >= 0.6 is 11.3 Å². The van der Waals surface area contributed by atoms with E-state index in [1.165, 1.54) is 4.88 Å². The van der Waals surface area contributed by atoms with Crippen molar-refractivity contribution in [1.82, 2.24) is 0 Å². The van der Waals surface area contributed by atoms with Gasteiger partial charge < -0.3 is 9.47 Å². The summed E-state index contributed by atoms with van der Waals surface area (Å²) in [6, 6.07) is 4.11. The summed E-state index contributed by atoms with van der Waals surface area (Å²) in [5, 5.41) is 2.06. The average Bonchev–Trinajstić information content (AvgIpc) is 2.69. The highest BCUT2D eigenvalue weighted by molar-refractivity contribution is 7.10. The second-order valence-electron chi connectivity index (χ2n) is 5.45. The lowest BCUT2D eigenvalue weighted by atomic mass is 9.80. The molecule has 0 amide bonds. The molecule has 16 heavy (non-hydrogen) atoms. The largest absolute Gasteiger partial charge is 0.347 e. The van der Waals surface area contributed by atoms with E-state index in [0.29, 0.717) is 5.92 Å². The minimum absolute atomic E-state index is 0.0991. The van der Waals surface area contributed by atoms with Gasteiger partial charge in [0.1, 0.15) is 0 Å². The lowest BCUT2D eigenvalue weighted by Gasteiger charge is -2.43. The van der Waals surface area contributed by atoms with Crippen LogP contribution in [0, 0.1) is 11.3 Å². The van der Waals surface area contributed by atoms with Crippen molar-refractivity contribution >= 4 is 11.3 Å². The van der Waals surface area contributed by atoms with E-state index in [9.17, 15) is 0 Å². The van der Waals surface area contributed by atoms with Gasteiger partial charge in [0.05, 0.1) is 17.6 Å². The van der Waals surface area contributed by atoms with Gasteiger partial charge in [-0.1, -0.05) is 33.8 Å². The molecule has 1 saturated heterocycles. The standard InChI is InChI=1S/C13H20O2S/c1-9(2)11-13(3,4)8-14-12(15-11)10-6-5-7-16-10/h5-7,9,11-12H,8H2,1-4H3. The fraction of sp³-hybridized carbons (Fsp3) is 0.692. The van der Waals surface area contributed by atoms with Crippen molar-refractivity contribution in [3.63, 3.8) is 0 Å². The number of thiophene rings is 1. The Hall–Kier alpha value is -0.380. The van der Waals surface area contributed by atoms with E-state index in [1.54, 1.807) is 11.3 Å². The fourth-order valence-corrected chi connectivity index (χ4v) is 3.07. The highest BCUT2D eigenvalue weighted by atomic mass is 32.1. The molecular formula is C13H20O2S. The van der Waals surface area contributed by atoms with Crippen LogP contribution in [0.25, 0.3) is 0 Å². The quantitative estimate of drug-likeness (QED) is 0.782. The number of ether oxygens (including phenoxy) is 2. The molecule has 0 bridgehead atoms. The molecule has 0 N–H and O–H groups in total. The zero-order valence-corrected chi connectivity index (χ0v) is 11.2. The maximum atomic E-state index is 6.10. The maximum Gasteiger partial charge on any atom is 0.193 e. The predicted molar refractivity (Wildman–Crippen MR) is 66.5 cm³/mol. The highest BCUT2D eigenvalue weighted by Gasteiger charge is 2.40. The van der Waals surface area contributed by atoms with Gasteiger partial charge in [0.15, 0.2) is 6.29 Å². The Balaban J connectivity index is 2.12. The Bertz CT molecular complexity index is 330. The first-order valence-electron chi connectivity index (χ1n) is 5.81. The van der Waals surface area contributed by atoms with Gasteiger partial charge in [0.25, 0.3) is 0 Å². The molecular weight excluding hydrogens is 220 g/mol. The van der Waals surface area contributed by atoms with Crippen LogP contribution in [0.2, 0.25) is 0 Å². The summed E-state index contributed by atoms with van der Waals surface area (Å²) in [6.45, 7) is 9.61. The third-order valence-corrected chi connectivity index (χ3v) is 3.92. The maximum absolute atomic E-state index is 6.10. The molecule has 1 aliphatic heterocycles. The summed E-state index contributed by atoms with van der Waals surface area (Å²) in [6.07, 6.45) is 0.0915. The smallest absolute Gasteiger partial charge is 0.193 e. The first-order chi connectivity index (χ1) is 7.50. The van der Waals surface area contributed by atoms with Crippen LogP contribution in [0.15, 0.2) is 17.5 Å². The molecule has 2 atom stereocenters. The molecule has 1 aromatic rings. The van der Waals surface area contributed by atoms with Crippen molar-refractivity contribution < 1.29 is 9.47 Å². The molecule has 0 aliphatic carbocycles. The van der Waals surface area contributed by atoms with E-state index in [1.807, 2.05) is 6.07 Å². The monoisotopic (exact) mass is 240 g/mol. The third-order valence-electron chi connectivity index (χ3n) is 3.03. The minimum atomic E-state index is -0.166. The minimum Gasteiger partial charge on any atom is -0.347 e. The average molecular weight is 240 g/mol. The van der Waals surface area contributed by atoms with Crippen LogP contribution in [-0.4, -0.2) is 12.7 Å². The lowest BCUT2D eigenvalue weighted by molar-refractivity contribution is -0.273. The van der Waals surface area contributed by atoms with Crippen molar-refractivity contribution in [2.24, 2.45) is 11.3 Å². The van der Waals surface area contributed by atoms with Crippen LogP contribution in [-0.2, 0) is 9.47 Å². The third kappa shape index (κ3) is 2.31. The molecule has 1 aliphatic rings. The Morgan fingerprint density at radius 2 is 2.19 bits per heavy atom. The normalized spacial score (nSPS) is 29.6. The van der Waals surface area contributed by atoms with Crippen molar-refractivity contribution in [1.29, 1.82) is 0 Å². The van der Waals surface area contributed by atoms with Gasteiger partial charge in [-0.2, -0.15) is 0 Å². The molecule has 2 heterocycles. The second-order valence-corrected chi connectivity index (χ2v) is 6.43. The lowest BCUT2D eigenvalue weighted by Crippen LogP contribution is -2.45. The van der Waals surface area contributed by atoms with Crippen molar-refractivity contribution in [2.75, 3.05) is 6.61 Å². The number of hydrogen-bond donors (Lipinski definition) is 0. The molecule has 0 radical (unpaired) electrons. The van der Waals surface area contributed by atoms with Crippen LogP contribution in [0.1, 0.15) is 38.9 Å². The van der Waals surface area contributed by atoms with Gasteiger partial charge in [-0.3, -0.25) is 0 Å². The van der Waals surface area contributed by atoms with Gasteiger partial charge >= 0.3 is 0 Å². The Labute approximate surface area is 102 Å². The molecule has 3 heteroatoms. The molecule has 1 aromatic heterocycles. The Morgan fingerprint density at radius 1 is 1.44 bits per heavy atom. The van der Waals surface area contributed by atoms with Crippen LogP contribution < -0.4 is 0 Å². The SMILES string of the molecule is CC(C)C1OC(c2cccs2)OCC1(C)C. The fourth-order valence-electron chi connectivity index (χ4n) is 2.36. The van der Waals surface area contributed by atoms with Gasteiger partial charge in [-0.15, -0.1) is 11.3 Å². The molecule has 1 fully saturated rings. The predicted octanol–water partition coefficient (Wildman–Crippen LogP) is 3.84. The number of rotatable bonds is 2. The van der Waals surface area contributed by atoms with Crippen molar-refractivity contribution in [3.8, 4) is 0 Å². The highest BCUT2D eigenvalue weighted by Crippen LogP contribution is 2.40. The van der Waals surface area contributed by atoms with Crippen molar-refractivity contribution in [3.05, 3.63) is 22.4 Å². The molecule has 2 nitrogen and oxygen atoms in total. The van der Waals surface area contributed by atoms with E-state index in [0.717, 1.165) is 6.61 Å². The summed E-state index contributed by atoms with van der Waals surface area (Å²) < 4.78 is 11.9. The zero-order valence-electron chi connectivity index (χ0n) is 10.4. The van der Waals surface area contributed by atoms with E-state index < -0.39 is 0 Å². The van der Waals surface area contributed by atoms with E-state index >= 15 is 0 Å².